The van der Waals surface area contributed by atoms with Crippen LogP contribution < -0.4 is 22.9 Å². The minimum Gasteiger partial charge on any atom is -0.478 e. The molecule has 0 aromatic heterocycles. The molecule has 0 bridgehead atoms. The van der Waals surface area contributed by atoms with Gasteiger partial charge in [-0.15, -0.1) is 0 Å². The number of anilines is 4. The lowest BCUT2D eigenvalue weighted by Crippen LogP contribution is -2.15. The minimum atomic E-state index is -4.60. The van der Waals surface area contributed by atoms with E-state index in [1.165, 1.54) is 0 Å². The maximum atomic E-state index is 12.9. The Hall–Kier alpha value is -3.47. The van der Waals surface area contributed by atoms with E-state index in [1.807, 2.05) is 0 Å². The van der Waals surface area contributed by atoms with Gasteiger partial charge in [-0.1, -0.05) is 0 Å². The predicted octanol–water partition coefficient (Wildman–Crippen LogP) is 0.245. The van der Waals surface area contributed by atoms with Crippen LogP contribution in [0.5, 0.6) is 0 Å². The number of sulfone groups is 1. The molecule has 0 saturated heterocycles. The molecule has 25 heavy (non-hydrogen) atoms. The van der Waals surface area contributed by atoms with Crippen molar-refractivity contribution in [2.75, 3.05) is 22.9 Å². The van der Waals surface area contributed by atoms with Gasteiger partial charge < -0.3 is 33.1 Å². The van der Waals surface area contributed by atoms with Crippen LogP contribution in [0.2, 0.25) is 0 Å². The maximum Gasteiger partial charge on any atom is 0.337 e. The molecule has 2 aromatic carbocycles. The quantitative estimate of drug-likeness (QED) is 0.405. The molecule has 0 amide bonds. The fraction of sp³-hybridized carbons (Fsp3) is 0. The molecule has 0 unspecified atom stereocenters. The summed E-state index contributed by atoms with van der Waals surface area (Å²) in [4.78, 5) is 21.3. The van der Waals surface area contributed by atoms with Gasteiger partial charge in [0.05, 0.1) is 43.7 Å². The van der Waals surface area contributed by atoms with Crippen molar-refractivity contribution in [3.63, 3.8) is 0 Å². The summed E-state index contributed by atoms with van der Waals surface area (Å²) in [7, 11) is -4.60. The fourth-order valence-electron chi connectivity index (χ4n) is 2.12. The molecule has 132 valence electrons. The molecule has 0 radical (unpaired) electrons. The van der Waals surface area contributed by atoms with Gasteiger partial charge in [-0.3, -0.25) is 0 Å². The number of carboxylic acid groups (broad SMARTS) is 2. The highest BCUT2D eigenvalue weighted by atomic mass is 32.2. The Bertz CT molecular complexity index is 941. The van der Waals surface area contributed by atoms with Crippen LogP contribution in [0.4, 0.5) is 22.7 Å². The van der Waals surface area contributed by atoms with Crippen molar-refractivity contribution in [2.45, 2.75) is 9.79 Å². The standard InChI is InChI=1S/C14H14N4O6S/c15-7-1-5(13(19)20)11(3-9(7)17)25(23,24)12-4-10(18)8(16)2-6(12)14(21)22/h1-4H,15-18H2,(H,19,20)(H,21,22). The zero-order valence-electron chi connectivity index (χ0n) is 12.6. The van der Waals surface area contributed by atoms with Gasteiger partial charge in [0, 0.05) is 0 Å². The topological polar surface area (TPSA) is 213 Å². The fourth-order valence-corrected chi connectivity index (χ4v) is 3.79. The summed E-state index contributed by atoms with van der Waals surface area (Å²) in [6, 6.07) is 3.47. The first-order valence-electron chi connectivity index (χ1n) is 6.56. The Morgan fingerprint density at radius 3 is 1.24 bits per heavy atom. The lowest BCUT2D eigenvalue weighted by Gasteiger charge is -2.14. The van der Waals surface area contributed by atoms with Crippen LogP contribution >= 0.6 is 0 Å². The van der Waals surface area contributed by atoms with Crippen LogP contribution in [-0.4, -0.2) is 30.6 Å². The van der Waals surface area contributed by atoms with Crippen molar-refractivity contribution in [2.24, 2.45) is 0 Å². The molecule has 2 rings (SSSR count). The Morgan fingerprint density at radius 2 is 0.960 bits per heavy atom. The Balaban J connectivity index is 2.90. The highest BCUT2D eigenvalue weighted by molar-refractivity contribution is 7.91. The third-order valence-electron chi connectivity index (χ3n) is 3.41. The lowest BCUT2D eigenvalue weighted by molar-refractivity contribution is 0.0683. The Morgan fingerprint density at radius 1 is 0.680 bits per heavy atom. The van der Waals surface area contributed by atoms with Crippen molar-refractivity contribution < 1.29 is 28.2 Å². The molecule has 11 heteroatoms. The smallest absolute Gasteiger partial charge is 0.337 e. The SMILES string of the molecule is Nc1cc(C(=O)O)c(S(=O)(=O)c2cc(N)c(N)cc2C(=O)O)cc1N. The molecule has 0 heterocycles. The summed E-state index contributed by atoms with van der Waals surface area (Å²) < 4.78 is 25.8. The first-order chi connectivity index (χ1) is 11.5. The van der Waals surface area contributed by atoms with E-state index in [1.54, 1.807) is 0 Å². The van der Waals surface area contributed by atoms with Crippen molar-refractivity contribution in [3.05, 3.63) is 35.4 Å². The number of hydrogen-bond donors (Lipinski definition) is 6. The average molecular weight is 366 g/mol. The molecule has 0 saturated carbocycles. The van der Waals surface area contributed by atoms with E-state index in [2.05, 4.69) is 0 Å². The van der Waals surface area contributed by atoms with Gasteiger partial charge in [-0.2, -0.15) is 0 Å². The second-order valence-electron chi connectivity index (χ2n) is 5.07. The zero-order valence-corrected chi connectivity index (χ0v) is 13.4. The van der Waals surface area contributed by atoms with Gasteiger partial charge in [0.15, 0.2) is 0 Å². The molecule has 10 N–H and O–H groups in total. The van der Waals surface area contributed by atoms with Gasteiger partial charge >= 0.3 is 11.9 Å². The number of carboxylic acids is 2. The van der Waals surface area contributed by atoms with Crippen LogP contribution in [-0.2, 0) is 9.84 Å². The Labute approximate surface area is 141 Å². The van der Waals surface area contributed by atoms with E-state index in [0.717, 1.165) is 24.3 Å². The summed E-state index contributed by atoms with van der Waals surface area (Å²) in [6.07, 6.45) is 0. The highest BCUT2D eigenvalue weighted by Gasteiger charge is 2.30. The number of benzene rings is 2. The third kappa shape index (κ3) is 2.99. The van der Waals surface area contributed by atoms with Crippen LogP contribution in [0.1, 0.15) is 20.7 Å². The van der Waals surface area contributed by atoms with Crippen LogP contribution in [0.25, 0.3) is 0 Å². The third-order valence-corrected chi connectivity index (χ3v) is 5.24. The molecular weight excluding hydrogens is 352 g/mol. The molecule has 0 aliphatic heterocycles. The van der Waals surface area contributed by atoms with Crippen molar-refractivity contribution in [1.82, 2.24) is 0 Å². The van der Waals surface area contributed by atoms with Gasteiger partial charge in [-0.25, -0.2) is 18.0 Å². The monoisotopic (exact) mass is 366 g/mol. The van der Waals surface area contributed by atoms with Crippen molar-refractivity contribution >= 4 is 44.5 Å². The van der Waals surface area contributed by atoms with E-state index in [-0.39, 0.29) is 22.7 Å². The van der Waals surface area contributed by atoms with Crippen molar-refractivity contribution in [3.8, 4) is 0 Å². The summed E-state index contributed by atoms with van der Waals surface area (Å²) in [5.74, 6) is -3.16. The van der Waals surface area contributed by atoms with Gasteiger partial charge in [0.25, 0.3) is 0 Å². The van der Waals surface area contributed by atoms with Gasteiger partial charge in [0.2, 0.25) is 9.84 Å². The summed E-state index contributed by atoms with van der Waals surface area (Å²) in [5.41, 5.74) is 20.3. The van der Waals surface area contributed by atoms with E-state index in [4.69, 9.17) is 22.9 Å². The second-order valence-corrected chi connectivity index (χ2v) is 6.95. The van der Waals surface area contributed by atoms with Crippen LogP contribution in [0.15, 0.2) is 34.1 Å². The van der Waals surface area contributed by atoms with Crippen LogP contribution in [0, 0.1) is 0 Å². The van der Waals surface area contributed by atoms with Gasteiger partial charge in [0.1, 0.15) is 0 Å². The van der Waals surface area contributed by atoms with Crippen molar-refractivity contribution in [1.29, 1.82) is 0 Å². The normalized spacial score (nSPS) is 11.2. The molecule has 0 atom stereocenters. The van der Waals surface area contributed by atoms with E-state index < -0.39 is 42.7 Å². The van der Waals surface area contributed by atoms with E-state index in [0.29, 0.717) is 0 Å². The number of rotatable bonds is 4. The second kappa shape index (κ2) is 5.87. The number of nitrogens with two attached hydrogens (primary N) is 4. The van der Waals surface area contributed by atoms with Crippen LogP contribution in [0.3, 0.4) is 0 Å². The maximum absolute atomic E-state index is 12.9. The molecule has 0 aliphatic rings. The number of aromatic carboxylic acids is 2. The zero-order chi connectivity index (χ0) is 19.1. The number of nitrogen functional groups attached to an aromatic ring is 4. The van der Waals surface area contributed by atoms with E-state index in [9.17, 15) is 28.2 Å². The molecular formula is C14H14N4O6S. The number of carbonyl (C=O) groups is 2. The summed E-state index contributed by atoms with van der Waals surface area (Å²) in [6.45, 7) is 0. The first kappa shape index (κ1) is 17.9. The summed E-state index contributed by atoms with van der Waals surface area (Å²) >= 11 is 0. The molecule has 2 aromatic rings. The molecule has 0 spiro atoms. The Kier molecular flexibility index (Phi) is 4.20. The number of hydrogen-bond acceptors (Lipinski definition) is 8. The molecule has 0 aliphatic carbocycles. The lowest BCUT2D eigenvalue weighted by atomic mass is 10.1. The predicted molar refractivity (Wildman–Crippen MR) is 89.9 cm³/mol. The molecule has 0 fully saturated rings. The van der Waals surface area contributed by atoms with E-state index >= 15 is 0 Å². The average Bonchev–Trinajstić information content (AvgIpc) is 2.51. The summed E-state index contributed by atoms with van der Waals surface area (Å²) in [5, 5.41) is 18.5. The highest BCUT2D eigenvalue weighted by Crippen LogP contribution is 2.33. The largest absolute Gasteiger partial charge is 0.478 e. The van der Waals surface area contributed by atoms with Gasteiger partial charge in [-0.05, 0) is 24.3 Å². The molecule has 10 nitrogen and oxygen atoms in total. The minimum absolute atomic E-state index is 0.133. The first-order valence-corrected chi connectivity index (χ1v) is 8.04.